The van der Waals surface area contributed by atoms with E-state index < -0.39 is 28.2 Å². The number of hydrogen-bond donors (Lipinski definition) is 1. The zero-order valence-electron chi connectivity index (χ0n) is 17.3. The van der Waals surface area contributed by atoms with Crippen LogP contribution in [-0.2, 0) is 4.79 Å². The van der Waals surface area contributed by atoms with Crippen molar-refractivity contribution in [1.82, 2.24) is 10.2 Å². The van der Waals surface area contributed by atoms with E-state index in [-0.39, 0.29) is 17.5 Å². The van der Waals surface area contributed by atoms with Crippen molar-refractivity contribution in [2.45, 2.75) is 77.5 Å². The number of amidine groups is 1. The molecule has 0 bridgehead atoms. The molecule has 2 aliphatic heterocycles. The smallest absolute Gasteiger partial charge is 0.322 e. The highest BCUT2D eigenvalue weighted by Gasteiger charge is 2.56. The molecule has 1 saturated heterocycles. The fourth-order valence-corrected chi connectivity index (χ4v) is 3.61. The third-order valence-corrected chi connectivity index (χ3v) is 6.78. The molecule has 0 saturated carbocycles. The molecule has 1 aliphatic carbocycles. The highest BCUT2D eigenvalue weighted by atomic mass is 16.3. The van der Waals surface area contributed by atoms with E-state index in [0.29, 0.717) is 5.70 Å². The molecule has 7 heteroatoms. The Morgan fingerprint density at radius 2 is 1.63 bits per heavy atom. The van der Waals surface area contributed by atoms with E-state index in [9.17, 15) is 14.7 Å². The predicted octanol–water partition coefficient (Wildman–Crippen LogP) is 1.33. The summed E-state index contributed by atoms with van der Waals surface area (Å²) in [6, 6.07) is -0.670. The highest BCUT2D eigenvalue weighted by Crippen LogP contribution is 2.38. The van der Waals surface area contributed by atoms with Crippen LogP contribution in [0.1, 0.15) is 55.4 Å². The van der Waals surface area contributed by atoms with Crippen LogP contribution in [0.25, 0.3) is 0 Å². The van der Waals surface area contributed by atoms with Crippen LogP contribution in [0.2, 0.25) is 0 Å². The first-order valence-corrected chi connectivity index (χ1v) is 9.14. The molecule has 0 spiro atoms. The van der Waals surface area contributed by atoms with Gasteiger partial charge in [-0.15, -0.1) is 0 Å². The Balaban J connectivity index is 2.18. The van der Waals surface area contributed by atoms with Crippen LogP contribution in [-0.4, -0.2) is 55.2 Å². The van der Waals surface area contributed by atoms with Crippen LogP contribution in [0, 0.1) is 0 Å². The number of hydrogen-bond acceptors (Lipinski definition) is 4. The average Bonchev–Trinajstić information content (AvgIpc) is 2.74. The third-order valence-electron chi connectivity index (χ3n) is 6.78. The SMILES string of the molecule is CC1(C)N=C([O-])[N+](=C2C=C(N3C(=O)NC(C)(C)C3(C)C)C=CC2=O)C1(C)C. The number of amides is 2. The van der Waals surface area contributed by atoms with Crippen molar-refractivity contribution in [2.75, 3.05) is 0 Å². The van der Waals surface area contributed by atoms with Crippen LogP contribution in [0.4, 0.5) is 4.79 Å². The summed E-state index contributed by atoms with van der Waals surface area (Å²) in [5.74, 6) is -0.273. The van der Waals surface area contributed by atoms with E-state index in [1.807, 2.05) is 55.4 Å². The highest BCUT2D eigenvalue weighted by molar-refractivity contribution is 6.47. The number of rotatable bonds is 1. The lowest BCUT2D eigenvalue weighted by atomic mass is 9.82. The van der Waals surface area contributed by atoms with Gasteiger partial charge in [-0.25, -0.2) is 9.37 Å². The second-order valence-electron chi connectivity index (χ2n) is 9.45. The fourth-order valence-electron chi connectivity index (χ4n) is 3.61. The topological polar surface area (TPSA) is 87.8 Å². The number of allylic oxidation sites excluding steroid dienone is 3. The number of aliphatic imine (C=N–C) groups is 1. The van der Waals surface area contributed by atoms with Gasteiger partial charge in [0.2, 0.25) is 5.78 Å². The molecule has 0 radical (unpaired) electrons. The first-order chi connectivity index (χ1) is 12.1. The molecular formula is C20H28N4O3. The van der Waals surface area contributed by atoms with E-state index >= 15 is 0 Å². The number of carbonyl (C=O) groups excluding carboxylic acids is 2. The third kappa shape index (κ3) is 2.47. The zero-order chi connectivity index (χ0) is 20.6. The van der Waals surface area contributed by atoms with Crippen LogP contribution >= 0.6 is 0 Å². The summed E-state index contributed by atoms with van der Waals surface area (Å²) in [4.78, 5) is 31.2. The molecule has 0 aromatic carbocycles. The Morgan fingerprint density at radius 3 is 2.07 bits per heavy atom. The molecule has 3 rings (SSSR count). The van der Waals surface area contributed by atoms with Crippen LogP contribution in [0.5, 0.6) is 0 Å². The van der Waals surface area contributed by atoms with Gasteiger partial charge in [0.25, 0.3) is 6.02 Å². The van der Waals surface area contributed by atoms with Gasteiger partial charge in [-0.2, -0.15) is 0 Å². The minimum absolute atomic E-state index is 0.230. The minimum atomic E-state index is -0.677. The van der Waals surface area contributed by atoms with E-state index in [1.165, 1.54) is 10.7 Å². The van der Waals surface area contributed by atoms with Gasteiger partial charge in [-0.3, -0.25) is 9.69 Å². The maximum Gasteiger partial charge on any atom is 0.322 e. The Bertz CT molecular complexity index is 870. The molecule has 1 N–H and O–H groups in total. The van der Waals surface area contributed by atoms with Gasteiger partial charge in [0, 0.05) is 6.08 Å². The first kappa shape index (κ1) is 19.3. The van der Waals surface area contributed by atoms with Crippen LogP contribution in [0.15, 0.2) is 28.9 Å². The fraction of sp³-hybridized carbons (Fsp3) is 0.600. The van der Waals surface area contributed by atoms with Crippen molar-refractivity contribution in [3.63, 3.8) is 0 Å². The van der Waals surface area contributed by atoms with Gasteiger partial charge in [-0.1, -0.05) is 4.99 Å². The van der Waals surface area contributed by atoms with E-state index in [0.717, 1.165) is 0 Å². The summed E-state index contributed by atoms with van der Waals surface area (Å²) in [6.07, 6.45) is 4.67. The van der Waals surface area contributed by atoms with Crippen molar-refractivity contribution in [3.8, 4) is 0 Å². The molecule has 1 fully saturated rings. The Labute approximate surface area is 160 Å². The van der Waals surface area contributed by atoms with E-state index in [1.54, 1.807) is 17.1 Å². The zero-order valence-corrected chi connectivity index (χ0v) is 17.3. The number of carbonyl (C=O) groups is 2. The van der Waals surface area contributed by atoms with Crippen LogP contribution in [0.3, 0.4) is 0 Å². The second kappa shape index (κ2) is 5.30. The minimum Gasteiger partial charge on any atom is -0.807 e. The number of nitrogens with one attached hydrogen (secondary N) is 1. The van der Waals surface area contributed by atoms with Gasteiger partial charge in [0.1, 0.15) is 0 Å². The summed E-state index contributed by atoms with van der Waals surface area (Å²) in [5.41, 5.74) is -1.49. The van der Waals surface area contributed by atoms with Crippen LogP contribution < -0.4 is 10.4 Å². The van der Waals surface area contributed by atoms with Gasteiger partial charge in [0.05, 0.1) is 16.8 Å². The molecule has 27 heavy (non-hydrogen) atoms. The molecule has 0 atom stereocenters. The quantitative estimate of drug-likeness (QED) is 0.556. The lowest BCUT2D eigenvalue weighted by Gasteiger charge is -2.39. The van der Waals surface area contributed by atoms with Crippen molar-refractivity contribution >= 4 is 23.5 Å². The summed E-state index contributed by atoms with van der Waals surface area (Å²) < 4.78 is 1.45. The lowest BCUT2D eigenvalue weighted by molar-refractivity contribution is -0.550. The molecule has 2 heterocycles. The Hall–Kier alpha value is -2.44. The number of ketones is 1. The molecule has 3 aliphatic rings. The molecular weight excluding hydrogens is 344 g/mol. The maximum absolute atomic E-state index is 12.7. The average molecular weight is 372 g/mol. The summed E-state index contributed by atoms with van der Waals surface area (Å²) in [5, 5.41) is 15.6. The van der Waals surface area contributed by atoms with Crippen molar-refractivity contribution in [3.05, 3.63) is 23.9 Å². The predicted molar refractivity (Wildman–Crippen MR) is 102 cm³/mol. The van der Waals surface area contributed by atoms with E-state index in [2.05, 4.69) is 10.3 Å². The van der Waals surface area contributed by atoms with Crippen molar-refractivity contribution < 1.29 is 19.3 Å². The van der Waals surface area contributed by atoms with Gasteiger partial charge in [-0.05, 0) is 67.5 Å². The normalized spacial score (nSPS) is 30.3. The Kier molecular flexibility index (Phi) is 3.79. The van der Waals surface area contributed by atoms with E-state index in [4.69, 9.17) is 0 Å². The van der Waals surface area contributed by atoms with Gasteiger partial charge < -0.3 is 10.4 Å². The van der Waals surface area contributed by atoms with Gasteiger partial charge in [0.15, 0.2) is 16.8 Å². The van der Waals surface area contributed by atoms with Crippen molar-refractivity contribution in [1.29, 1.82) is 0 Å². The lowest BCUT2D eigenvalue weighted by Crippen LogP contribution is -2.54. The first-order valence-electron chi connectivity index (χ1n) is 9.14. The maximum atomic E-state index is 12.7. The number of urea groups is 1. The monoisotopic (exact) mass is 372 g/mol. The number of nitrogens with zero attached hydrogens (tertiary/aromatic N) is 3. The standard InChI is InChI=1S/C20H28N4O3/c1-17(2)19(5,6)23(15(26)21-17)12-9-10-14(25)13(11-12)24-16(27)22-18(3,4)20(24,7)8/h9-11H,1-8H3,(H-,21,22,26,27). The summed E-state index contributed by atoms with van der Waals surface area (Å²) in [6.45, 7) is 15.4. The summed E-state index contributed by atoms with van der Waals surface area (Å²) >= 11 is 0. The Morgan fingerprint density at radius 1 is 1.04 bits per heavy atom. The molecule has 0 unspecified atom stereocenters. The largest absolute Gasteiger partial charge is 0.807 e. The molecule has 146 valence electrons. The second-order valence-corrected chi connectivity index (χ2v) is 9.45. The molecule has 7 nitrogen and oxygen atoms in total. The molecule has 0 aromatic heterocycles. The van der Waals surface area contributed by atoms with Crippen molar-refractivity contribution in [2.24, 2.45) is 4.99 Å². The molecule has 2 amide bonds. The summed E-state index contributed by atoms with van der Waals surface area (Å²) in [7, 11) is 0. The van der Waals surface area contributed by atoms with Gasteiger partial charge >= 0.3 is 6.03 Å². The molecule has 0 aromatic rings.